The summed E-state index contributed by atoms with van der Waals surface area (Å²) in [5.41, 5.74) is 0. The van der Waals surface area contributed by atoms with Crippen molar-refractivity contribution in [2.24, 2.45) is 0 Å². The Morgan fingerprint density at radius 2 is 2.11 bits per heavy atom. The molecule has 5 heteroatoms. The van der Waals surface area contributed by atoms with Crippen LogP contribution >= 0.6 is 0 Å². The first-order valence-corrected chi connectivity index (χ1v) is 6.17. The van der Waals surface area contributed by atoms with Crippen LogP contribution in [-0.4, -0.2) is 42.0 Å². The number of hydrogen-bond acceptors (Lipinski definition) is 4. The van der Waals surface area contributed by atoms with E-state index in [1.165, 1.54) is 0 Å². The van der Waals surface area contributed by atoms with E-state index in [1.807, 2.05) is 26.8 Å². The third-order valence-electron chi connectivity index (χ3n) is 2.78. The maximum atomic E-state index is 12.0. The van der Waals surface area contributed by atoms with Gasteiger partial charge < -0.3 is 15.0 Å². The second-order valence-corrected chi connectivity index (χ2v) is 3.96. The van der Waals surface area contributed by atoms with Gasteiger partial charge in [0.2, 0.25) is 5.91 Å². The molecule has 100 valence electrons. The van der Waals surface area contributed by atoms with Gasteiger partial charge in [-0.1, -0.05) is 0 Å². The number of rotatable bonds is 6. The van der Waals surface area contributed by atoms with Crippen LogP contribution in [0.15, 0.2) is 18.3 Å². The van der Waals surface area contributed by atoms with E-state index >= 15 is 0 Å². The van der Waals surface area contributed by atoms with Crippen LogP contribution in [0.5, 0.6) is 5.75 Å². The van der Waals surface area contributed by atoms with Gasteiger partial charge in [-0.3, -0.25) is 4.79 Å². The van der Waals surface area contributed by atoms with E-state index in [4.69, 9.17) is 4.74 Å². The molecule has 5 nitrogen and oxygen atoms in total. The van der Waals surface area contributed by atoms with Crippen molar-refractivity contribution in [3.8, 4) is 5.75 Å². The summed E-state index contributed by atoms with van der Waals surface area (Å²) >= 11 is 0. The topological polar surface area (TPSA) is 54.5 Å². The highest BCUT2D eigenvalue weighted by atomic mass is 16.5. The predicted octanol–water partition coefficient (Wildman–Crippen LogP) is 1.76. The largest absolute Gasteiger partial charge is 0.495 e. The van der Waals surface area contributed by atoms with Crippen molar-refractivity contribution in [1.29, 1.82) is 0 Å². The van der Waals surface area contributed by atoms with Crippen molar-refractivity contribution in [1.82, 2.24) is 9.88 Å². The molecule has 1 rings (SSSR count). The number of hydrogen-bond donors (Lipinski definition) is 1. The summed E-state index contributed by atoms with van der Waals surface area (Å²) in [5, 5.41) is 3.08. The molecule has 0 radical (unpaired) electrons. The molecule has 0 saturated heterocycles. The number of aromatic nitrogens is 1. The number of likely N-dealkylation sites (N-methyl/N-ethyl adjacent to an activating group) is 1. The maximum absolute atomic E-state index is 12.0. The predicted molar refractivity (Wildman–Crippen MR) is 71.8 cm³/mol. The lowest BCUT2D eigenvalue weighted by Gasteiger charge is -2.23. The Balaban J connectivity index is 2.62. The summed E-state index contributed by atoms with van der Waals surface area (Å²) in [6.07, 6.45) is 1.62. The van der Waals surface area contributed by atoms with Gasteiger partial charge in [-0.15, -0.1) is 0 Å². The highest BCUT2D eigenvalue weighted by Gasteiger charge is 2.17. The third-order valence-corrected chi connectivity index (χ3v) is 2.78. The van der Waals surface area contributed by atoms with Crippen LogP contribution in [-0.2, 0) is 4.79 Å². The number of nitrogens with zero attached hydrogens (tertiary/aromatic N) is 2. The van der Waals surface area contributed by atoms with Crippen LogP contribution < -0.4 is 10.1 Å². The number of nitrogens with one attached hydrogen (secondary N) is 1. The highest BCUT2D eigenvalue weighted by Crippen LogP contribution is 2.12. The number of amides is 1. The number of carbonyl (C=O) groups excluding carboxylic acids is 1. The van der Waals surface area contributed by atoms with E-state index in [2.05, 4.69) is 10.3 Å². The van der Waals surface area contributed by atoms with Crippen LogP contribution in [0.4, 0.5) is 5.82 Å². The summed E-state index contributed by atoms with van der Waals surface area (Å²) in [5.74, 6) is 1.45. The monoisotopic (exact) mass is 251 g/mol. The van der Waals surface area contributed by atoms with Gasteiger partial charge in [0, 0.05) is 13.1 Å². The second-order valence-electron chi connectivity index (χ2n) is 3.96. The summed E-state index contributed by atoms with van der Waals surface area (Å²) in [4.78, 5) is 18.0. The minimum Gasteiger partial charge on any atom is -0.495 e. The van der Waals surface area contributed by atoms with E-state index in [-0.39, 0.29) is 11.9 Å². The average molecular weight is 251 g/mol. The molecule has 1 heterocycles. The zero-order chi connectivity index (χ0) is 13.5. The van der Waals surface area contributed by atoms with Crippen LogP contribution in [0.3, 0.4) is 0 Å². The van der Waals surface area contributed by atoms with E-state index in [9.17, 15) is 4.79 Å². The van der Waals surface area contributed by atoms with Gasteiger partial charge in [0.15, 0.2) is 0 Å². The highest BCUT2D eigenvalue weighted by molar-refractivity contribution is 5.83. The standard InChI is InChI=1S/C13H21N3O2/c1-5-16(6-2)13(17)10(3)15-12-8-7-11(18-4)9-14-12/h7-10H,5-6H2,1-4H3,(H,14,15). The Morgan fingerprint density at radius 1 is 1.44 bits per heavy atom. The second kappa shape index (κ2) is 6.83. The van der Waals surface area contributed by atoms with Gasteiger partial charge in [-0.05, 0) is 32.9 Å². The Kier molecular flexibility index (Phi) is 5.42. The maximum Gasteiger partial charge on any atom is 0.244 e. The van der Waals surface area contributed by atoms with Gasteiger partial charge >= 0.3 is 0 Å². The zero-order valence-electron chi connectivity index (χ0n) is 11.4. The molecule has 1 atom stereocenters. The van der Waals surface area contributed by atoms with Crippen LogP contribution in [0, 0.1) is 0 Å². The number of anilines is 1. The molecule has 1 unspecified atom stereocenters. The fourth-order valence-electron chi connectivity index (χ4n) is 1.68. The SMILES string of the molecule is CCN(CC)C(=O)C(C)Nc1ccc(OC)cn1. The van der Waals surface area contributed by atoms with E-state index in [0.717, 1.165) is 13.1 Å². The zero-order valence-corrected chi connectivity index (χ0v) is 11.4. The van der Waals surface area contributed by atoms with E-state index in [0.29, 0.717) is 11.6 Å². The number of methoxy groups -OCH3 is 1. The van der Waals surface area contributed by atoms with Crippen molar-refractivity contribution in [2.75, 3.05) is 25.5 Å². The summed E-state index contributed by atoms with van der Waals surface area (Å²) in [6.45, 7) is 7.22. The molecule has 0 aliphatic carbocycles. The Bertz CT molecular complexity index is 374. The summed E-state index contributed by atoms with van der Waals surface area (Å²) in [7, 11) is 1.59. The van der Waals surface area contributed by atoms with Gasteiger partial charge in [-0.2, -0.15) is 0 Å². The molecule has 0 aliphatic heterocycles. The molecule has 1 aromatic rings. The minimum atomic E-state index is -0.286. The van der Waals surface area contributed by atoms with Crippen molar-refractivity contribution in [3.05, 3.63) is 18.3 Å². The molecular weight excluding hydrogens is 230 g/mol. The molecule has 1 amide bonds. The Labute approximate surface area is 108 Å². The van der Waals surface area contributed by atoms with E-state index < -0.39 is 0 Å². The molecule has 0 spiro atoms. The summed E-state index contributed by atoms with van der Waals surface area (Å²) < 4.78 is 5.03. The van der Waals surface area contributed by atoms with Crippen molar-refractivity contribution in [2.45, 2.75) is 26.8 Å². The van der Waals surface area contributed by atoms with Crippen LogP contribution in [0.1, 0.15) is 20.8 Å². The molecule has 18 heavy (non-hydrogen) atoms. The average Bonchev–Trinajstić information content (AvgIpc) is 2.40. The first kappa shape index (κ1) is 14.3. The molecule has 0 saturated carbocycles. The van der Waals surface area contributed by atoms with Gasteiger partial charge in [0.1, 0.15) is 17.6 Å². The van der Waals surface area contributed by atoms with Gasteiger partial charge in [-0.25, -0.2) is 4.98 Å². The number of ether oxygens (including phenoxy) is 1. The van der Waals surface area contributed by atoms with E-state index in [1.54, 1.807) is 24.3 Å². The number of carbonyl (C=O) groups is 1. The van der Waals surface area contributed by atoms with Crippen molar-refractivity contribution in [3.63, 3.8) is 0 Å². The van der Waals surface area contributed by atoms with Crippen LogP contribution in [0.2, 0.25) is 0 Å². The first-order chi connectivity index (χ1) is 8.62. The Morgan fingerprint density at radius 3 is 2.56 bits per heavy atom. The lowest BCUT2D eigenvalue weighted by Crippen LogP contribution is -2.41. The fraction of sp³-hybridized carbons (Fsp3) is 0.538. The van der Waals surface area contributed by atoms with Crippen LogP contribution in [0.25, 0.3) is 0 Å². The van der Waals surface area contributed by atoms with Gasteiger partial charge in [0.25, 0.3) is 0 Å². The number of pyridine rings is 1. The third kappa shape index (κ3) is 3.61. The smallest absolute Gasteiger partial charge is 0.244 e. The van der Waals surface area contributed by atoms with Crippen molar-refractivity contribution >= 4 is 11.7 Å². The quantitative estimate of drug-likeness (QED) is 0.837. The molecule has 0 fully saturated rings. The molecule has 0 bridgehead atoms. The summed E-state index contributed by atoms with van der Waals surface area (Å²) in [6, 6.07) is 3.32. The minimum absolute atomic E-state index is 0.0811. The Hall–Kier alpha value is -1.78. The lowest BCUT2D eigenvalue weighted by molar-refractivity contribution is -0.131. The molecule has 1 aromatic heterocycles. The molecule has 0 aliphatic rings. The fourth-order valence-corrected chi connectivity index (χ4v) is 1.68. The molecule has 0 aromatic carbocycles. The molecule has 1 N–H and O–H groups in total. The normalized spacial score (nSPS) is 11.8. The lowest BCUT2D eigenvalue weighted by atomic mass is 10.2. The van der Waals surface area contributed by atoms with Gasteiger partial charge in [0.05, 0.1) is 13.3 Å². The first-order valence-electron chi connectivity index (χ1n) is 6.17. The van der Waals surface area contributed by atoms with Crippen molar-refractivity contribution < 1.29 is 9.53 Å². The molecular formula is C13H21N3O2.